The SMILES string of the molecule is [2H]c1ccc(-c2ccc(-c3c4ccccc4c(-c4cccc5oc6c7ccccc7ccc6c45)c4ccccc34)c3ccccc23)cc1. The smallest absolute Gasteiger partial charge is 0.143 e. The molecular weight excluding hydrogens is 569 g/mol. The predicted molar refractivity (Wildman–Crippen MR) is 200 cm³/mol. The molecule has 0 spiro atoms. The van der Waals surface area contributed by atoms with Crippen molar-refractivity contribution in [3.05, 3.63) is 170 Å². The van der Waals surface area contributed by atoms with Crippen LogP contribution < -0.4 is 0 Å². The predicted octanol–water partition coefficient (Wildman–Crippen LogP) is 13.2. The van der Waals surface area contributed by atoms with Crippen LogP contribution in [0.2, 0.25) is 0 Å². The van der Waals surface area contributed by atoms with Crippen molar-refractivity contribution >= 4 is 65.0 Å². The minimum Gasteiger partial charge on any atom is -0.455 e. The molecule has 0 bridgehead atoms. The molecule has 1 aromatic heterocycles. The van der Waals surface area contributed by atoms with Gasteiger partial charge >= 0.3 is 0 Å². The maximum Gasteiger partial charge on any atom is 0.143 e. The molecule has 1 heteroatoms. The highest BCUT2D eigenvalue weighted by atomic mass is 16.3. The molecule has 0 amide bonds. The van der Waals surface area contributed by atoms with Gasteiger partial charge in [-0.15, -0.1) is 0 Å². The second-order valence-corrected chi connectivity index (χ2v) is 12.3. The Balaban J connectivity index is 1.31. The normalized spacial score (nSPS) is 12.1. The second-order valence-electron chi connectivity index (χ2n) is 12.3. The maximum absolute atomic E-state index is 8.00. The van der Waals surface area contributed by atoms with Gasteiger partial charge in [-0.25, -0.2) is 0 Å². The van der Waals surface area contributed by atoms with Gasteiger partial charge in [-0.3, -0.25) is 0 Å². The Morgan fingerprint density at radius 1 is 0.362 bits per heavy atom. The zero-order chi connectivity index (χ0) is 31.8. The lowest BCUT2D eigenvalue weighted by Crippen LogP contribution is -1.92. The fourth-order valence-electron chi connectivity index (χ4n) is 7.81. The molecule has 1 nitrogen and oxygen atoms in total. The Hall–Kier alpha value is -6.18. The van der Waals surface area contributed by atoms with Crippen LogP contribution in [-0.4, -0.2) is 0 Å². The van der Waals surface area contributed by atoms with E-state index in [-0.39, 0.29) is 0 Å². The van der Waals surface area contributed by atoms with Crippen LogP contribution in [0.5, 0.6) is 0 Å². The molecule has 0 aliphatic rings. The molecule has 0 fully saturated rings. The Bertz CT molecular complexity index is 2840. The largest absolute Gasteiger partial charge is 0.455 e. The van der Waals surface area contributed by atoms with Gasteiger partial charge < -0.3 is 4.42 Å². The van der Waals surface area contributed by atoms with Crippen LogP contribution in [0, 0.1) is 0 Å². The first-order chi connectivity index (χ1) is 23.7. The molecule has 0 atom stereocenters. The van der Waals surface area contributed by atoms with E-state index in [1.807, 2.05) is 24.3 Å². The van der Waals surface area contributed by atoms with E-state index < -0.39 is 0 Å². The van der Waals surface area contributed by atoms with E-state index in [1.54, 1.807) is 0 Å². The summed E-state index contributed by atoms with van der Waals surface area (Å²) in [6.07, 6.45) is 0. The summed E-state index contributed by atoms with van der Waals surface area (Å²) in [5.74, 6) is 0. The first-order valence-electron chi connectivity index (χ1n) is 16.6. The van der Waals surface area contributed by atoms with Crippen molar-refractivity contribution in [2.75, 3.05) is 0 Å². The average molecular weight is 598 g/mol. The molecule has 0 N–H and O–H groups in total. The zero-order valence-corrected chi connectivity index (χ0v) is 25.5. The first-order valence-corrected chi connectivity index (χ1v) is 16.1. The standard InChI is InChI=1S/C46H28O/c1-2-13-29(14-3-1)31-27-28-39(34-18-7-6-17-33(31)34)43-35-19-8-10-21-37(35)44(38-22-11-9-20-36(38)43)40-23-12-24-42-45(40)41-26-25-30-15-4-5-16-32(30)46(41)47-42/h1-28H/i1D. The van der Waals surface area contributed by atoms with Gasteiger partial charge in [0.2, 0.25) is 0 Å². The maximum atomic E-state index is 8.00. The molecule has 218 valence electrons. The van der Waals surface area contributed by atoms with E-state index in [0.29, 0.717) is 6.04 Å². The van der Waals surface area contributed by atoms with Crippen LogP contribution in [-0.2, 0) is 0 Å². The quantitative estimate of drug-likeness (QED) is 0.185. The summed E-state index contributed by atoms with van der Waals surface area (Å²) in [5, 5.41) is 11.9. The lowest BCUT2D eigenvalue weighted by molar-refractivity contribution is 0.673. The van der Waals surface area contributed by atoms with Gasteiger partial charge in [0.1, 0.15) is 11.2 Å². The van der Waals surface area contributed by atoms with Gasteiger partial charge in [0.15, 0.2) is 0 Å². The van der Waals surface area contributed by atoms with Crippen LogP contribution in [0.15, 0.2) is 174 Å². The van der Waals surface area contributed by atoms with Gasteiger partial charge in [-0.1, -0.05) is 158 Å². The van der Waals surface area contributed by atoms with Crippen molar-refractivity contribution in [1.29, 1.82) is 0 Å². The molecule has 10 aromatic rings. The molecule has 0 saturated carbocycles. The summed E-state index contributed by atoms with van der Waals surface area (Å²) >= 11 is 0. The van der Waals surface area contributed by atoms with E-state index in [4.69, 9.17) is 5.79 Å². The van der Waals surface area contributed by atoms with E-state index in [1.165, 1.54) is 65.5 Å². The van der Waals surface area contributed by atoms with E-state index >= 15 is 0 Å². The van der Waals surface area contributed by atoms with Crippen LogP contribution in [0.4, 0.5) is 0 Å². The van der Waals surface area contributed by atoms with Gasteiger partial charge in [0.25, 0.3) is 0 Å². The van der Waals surface area contributed by atoms with E-state index in [9.17, 15) is 0 Å². The first kappa shape index (κ1) is 25.1. The molecule has 47 heavy (non-hydrogen) atoms. The third-order valence-corrected chi connectivity index (χ3v) is 9.81. The fourth-order valence-corrected chi connectivity index (χ4v) is 7.81. The van der Waals surface area contributed by atoms with Crippen LogP contribution in [0.25, 0.3) is 98.4 Å². The molecule has 0 aliphatic heterocycles. The highest BCUT2D eigenvalue weighted by Gasteiger charge is 2.22. The van der Waals surface area contributed by atoms with Crippen molar-refractivity contribution in [2.45, 2.75) is 0 Å². The molecule has 9 aromatic carbocycles. The Morgan fingerprint density at radius 3 is 1.60 bits per heavy atom. The van der Waals surface area contributed by atoms with Crippen LogP contribution in [0.1, 0.15) is 1.37 Å². The number of fused-ring (bicyclic) bond motifs is 8. The van der Waals surface area contributed by atoms with Crippen molar-refractivity contribution in [3.8, 4) is 33.4 Å². The van der Waals surface area contributed by atoms with E-state index in [0.717, 1.165) is 32.9 Å². The molecule has 0 radical (unpaired) electrons. The summed E-state index contributed by atoms with van der Waals surface area (Å²) < 4.78 is 14.6. The Kier molecular flexibility index (Phi) is 5.42. The second kappa shape index (κ2) is 10.2. The number of benzene rings is 9. The summed E-state index contributed by atoms with van der Waals surface area (Å²) in [7, 11) is 0. The third-order valence-electron chi connectivity index (χ3n) is 9.81. The van der Waals surface area contributed by atoms with Crippen molar-refractivity contribution in [2.24, 2.45) is 0 Å². The van der Waals surface area contributed by atoms with Gasteiger partial charge in [0.05, 0.1) is 1.37 Å². The van der Waals surface area contributed by atoms with E-state index in [2.05, 4.69) is 140 Å². The monoisotopic (exact) mass is 597 g/mol. The molecular formula is C46H28O. The fraction of sp³-hybridized carbons (Fsp3) is 0. The van der Waals surface area contributed by atoms with Crippen molar-refractivity contribution in [3.63, 3.8) is 0 Å². The Morgan fingerprint density at radius 2 is 0.915 bits per heavy atom. The number of hydrogen-bond acceptors (Lipinski definition) is 1. The summed E-state index contributed by atoms with van der Waals surface area (Å²) in [5.41, 5.74) is 8.98. The zero-order valence-electron chi connectivity index (χ0n) is 26.5. The van der Waals surface area contributed by atoms with Crippen molar-refractivity contribution in [1.82, 2.24) is 0 Å². The number of rotatable bonds is 3. The number of furan rings is 1. The van der Waals surface area contributed by atoms with Gasteiger partial charge in [-0.05, 0) is 83.2 Å². The summed E-state index contributed by atoms with van der Waals surface area (Å²) in [4.78, 5) is 0. The van der Waals surface area contributed by atoms with Crippen LogP contribution in [0.3, 0.4) is 0 Å². The van der Waals surface area contributed by atoms with Crippen LogP contribution >= 0.6 is 0 Å². The molecule has 10 rings (SSSR count). The van der Waals surface area contributed by atoms with Gasteiger partial charge in [-0.2, -0.15) is 0 Å². The lowest BCUT2D eigenvalue weighted by atomic mass is 9.83. The third kappa shape index (κ3) is 3.84. The Labute approximate surface area is 273 Å². The topological polar surface area (TPSA) is 13.1 Å². The molecule has 1 heterocycles. The molecule has 0 aliphatic carbocycles. The highest BCUT2D eigenvalue weighted by molar-refractivity contribution is 6.28. The molecule has 0 unspecified atom stereocenters. The minimum absolute atomic E-state index is 0.519. The lowest BCUT2D eigenvalue weighted by Gasteiger charge is -2.20. The highest BCUT2D eigenvalue weighted by Crippen LogP contribution is 2.49. The van der Waals surface area contributed by atoms with Gasteiger partial charge in [0, 0.05) is 16.2 Å². The molecule has 0 saturated heterocycles. The summed E-state index contributed by atoms with van der Waals surface area (Å²) in [6.45, 7) is 0. The number of hydrogen-bond donors (Lipinski definition) is 0. The minimum atomic E-state index is 0.519. The van der Waals surface area contributed by atoms with Crippen molar-refractivity contribution < 1.29 is 5.79 Å². The average Bonchev–Trinajstić information content (AvgIpc) is 3.54. The summed E-state index contributed by atoms with van der Waals surface area (Å²) in [6, 6.07) is 58.7.